The number of esters is 1. The van der Waals surface area contributed by atoms with Crippen LogP contribution in [0.2, 0.25) is 0 Å². The van der Waals surface area contributed by atoms with E-state index in [4.69, 9.17) is 4.74 Å². The van der Waals surface area contributed by atoms with E-state index in [1.54, 1.807) is 0 Å². The fourth-order valence-electron chi connectivity index (χ4n) is 1.92. The van der Waals surface area contributed by atoms with Crippen molar-refractivity contribution in [3.8, 4) is 0 Å². The molecule has 0 radical (unpaired) electrons. The lowest BCUT2D eigenvalue weighted by atomic mass is 9.72. The number of halogens is 1. The summed E-state index contributed by atoms with van der Waals surface area (Å²) >= 11 is 3.49. The number of hydrogen-bond acceptors (Lipinski definition) is 2. The Kier molecular flexibility index (Phi) is 3.77. The maximum Gasteiger partial charge on any atom is 0.311 e. The third-order valence-corrected chi connectivity index (χ3v) is 4.02. The molecular formula is C10H17BrO2. The normalized spacial score (nSPS) is 34.2. The minimum atomic E-state index is -0.215. The highest BCUT2D eigenvalue weighted by Crippen LogP contribution is 2.39. The average molecular weight is 249 g/mol. The Labute approximate surface area is 88.2 Å². The maximum absolute atomic E-state index is 11.4. The van der Waals surface area contributed by atoms with Gasteiger partial charge in [-0.15, -0.1) is 0 Å². The molecule has 1 saturated carbocycles. The van der Waals surface area contributed by atoms with Gasteiger partial charge < -0.3 is 4.74 Å². The van der Waals surface area contributed by atoms with Gasteiger partial charge in [0.1, 0.15) is 0 Å². The lowest BCUT2D eigenvalue weighted by Crippen LogP contribution is -2.33. The van der Waals surface area contributed by atoms with Gasteiger partial charge in [-0.2, -0.15) is 0 Å². The molecule has 0 bridgehead atoms. The summed E-state index contributed by atoms with van der Waals surface area (Å²) in [4.78, 5) is 11.4. The average Bonchev–Trinajstić information content (AvgIpc) is 2.18. The van der Waals surface area contributed by atoms with Crippen LogP contribution in [-0.2, 0) is 9.53 Å². The van der Waals surface area contributed by atoms with Crippen LogP contribution in [0, 0.1) is 11.3 Å². The van der Waals surface area contributed by atoms with E-state index in [1.807, 2.05) is 6.92 Å². The highest BCUT2D eigenvalue weighted by Gasteiger charge is 2.37. The fraction of sp³-hybridized carbons (Fsp3) is 0.900. The first kappa shape index (κ1) is 11.0. The zero-order valence-electron chi connectivity index (χ0n) is 8.31. The molecule has 0 saturated heterocycles. The van der Waals surface area contributed by atoms with Crippen molar-refractivity contribution >= 4 is 21.9 Å². The molecule has 3 heteroatoms. The topological polar surface area (TPSA) is 26.3 Å². The molecule has 0 aromatic heterocycles. The van der Waals surface area contributed by atoms with Gasteiger partial charge in [-0.1, -0.05) is 15.9 Å². The second-order valence-electron chi connectivity index (χ2n) is 4.15. The van der Waals surface area contributed by atoms with Crippen LogP contribution in [-0.4, -0.2) is 18.4 Å². The van der Waals surface area contributed by atoms with Crippen LogP contribution in [0.3, 0.4) is 0 Å². The predicted octanol–water partition coefficient (Wildman–Crippen LogP) is 2.75. The molecule has 76 valence electrons. The Morgan fingerprint density at radius 2 is 2.08 bits per heavy atom. The second-order valence-corrected chi connectivity index (χ2v) is 4.80. The van der Waals surface area contributed by atoms with Crippen molar-refractivity contribution in [2.75, 3.05) is 12.4 Å². The largest absolute Gasteiger partial charge is 0.469 e. The van der Waals surface area contributed by atoms with Crippen molar-refractivity contribution in [1.82, 2.24) is 0 Å². The monoisotopic (exact) mass is 248 g/mol. The van der Waals surface area contributed by atoms with E-state index in [1.165, 1.54) is 7.11 Å². The third-order valence-electron chi connectivity index (χ3n) is 3.11. The van der Waals surface area contributed by atoms with Crippen LogP contribution in [0.5, 0.6) is 0 Å². The van der Waals surface area contributed by atoms with Gasteiger partial charge in [-0.05, 0) is 38.5 Å². The summed E-state index contributed by atoms with van der Waals surface area (Å²) in [6.45, 7) is 2.02. The van der Waals surface area contributed by atoms with Gasteiger partial charge in [0.15, 0.2) is 0 Å². The van der Waals surface area contributed by atoms with Crippen LogP contribution in [0.1, 0.15) is 32.6 Å². The molecular weight excluding hydrogens is 232 g/mol. The number of carbonyl (C=O) groups excluding carboxylic acids is 1. The molecule has 0 atom stereocenters. The molecule has 0 aromatic carbocycles. The molecule has 2 nitrogen and oxygen atoms in total. The van der Waals surface area contributed by atoms with E-state index in [-0.39, 0.29) is 11.4 Å². The number of rotatable bonds is 2. The Hall–Kier alpha value is -0.0500. The molecule has 1 aliphatic rings. The highest BCUT2D eigenvalue weighted by molar-refractivity contribution is 9.09. The molecule has 1 aliphatic carbocycles. The lowest BCUT2D eigenvalue weighted by molar-refractivity contribution is -0.154. The standard InChI is InChI=1S/C10H17BrO2/c1-10(9(12)13-2)5-3-8(7-11)4-6-10/h8H,3-7H2,1-2H3. The Morgan fingerprint density at radius 3 is 2.46 bits per heavy atom. The van der Waals surface area contributed by atoms with Gasteiger partial charge >= 0.3 is 5.97 Å². The molecule has 0 spiro atoms. The summed E-state index contributed by atoms with van der Waals surface area (Å²) in [6.07, 6.45) is 4.21. The van der Waals surface area contributed by atoms with E-state index in [0.717, 1.165) is 36.9 Å². The summed E-state index contributed by atoms with van der Waals surface area (Å²) in [5, 5.41) is 1.06. The number of methoxy groups -OCH3 is 1. The van der Waals surface area contributed by atoms with Crippen molar-refractivity contribution in [3.05, 3.63) is 0 Å². The SMILES string of the molecule is COC(=O)C1(C)CCC(CBr)CC1. The van der Waals surface area contributed by atoms with Crippen molar-refractivity contribution in [3.63, 3.8) is 0 Å². The van der Waals surface area contributed by atoms with E-state index >= 15 is 0 Å². The van der Waals surface area contributed by atoms with Gasteiger partial charge in [0.2, 0.25) is 0 Å². The molecule has 13 heavy (non-hydrogen) atoms. The summed E-state index contributed by atoms with van der Waals surface area (Å²) in [5.74, 6) is 0.707. The van der Waals surface area contributed by atoms with Gasteiger partial charge in [0.25, 0.3) is 0 Å². The summed E-state index contributed by atoms with van der Waals surface area (Å²) < 4.78 is 4.81. The van der Waals surface area contributed by atoms with Crippen LogP contribution in [0.4, 0.5) is 0 Å². The van der Waals surface area contributed by atoms with E-state index in [9.17, 15) is 4.79 Å². The Balaban J connectivity index is 2.51. The number of alkyl halides is 1. The van der Waals surface area contributed by atoms with Crippen LogP contribution >= 0.6 is 15.9 Å². The molecule has 0 aromatic rings. The van der Waals surface area contributed by atoms with Gasteiger partial charge in [0, 0.05) is 5.33 Å². The number of hydrogen-bond donors (Lipinski definition) is 0. The van der Waals surface area contributed by atoms with Crippen molar-refractivity contribution in [2.45, 2.75) is 32.6 Å². The van der Waals surface area contributed by atoms with Crippen LogP contribution in [0.25, 0.3) is 0 Å². The lowest BCUT2D eigenvalue weighted by Gasteiger charge is -2.34. The summed E-state index contributed by atoms with van der Waals surface area (Å²) in [7, 11) is 1.48. The quantitative estimate of drug-likeness (QED) is 0.555. The highest BCUT2D eigenvalue weighted by atomic mass is 79.9. The van der Waals surface area contributed by atoms with Gasteiger partial charge in [-0.25, -0.2) is 0 Å². The third kappa shape index (κ3) is 2.46. The summed E-state index contributed by atoms with van der Waals surface area (Å²) in [5.41, 5.74) is -0.215. The molecule has 0 N–H and O–H groups in total. The number of carbonyl (C=O) groups is 1. The van der Waals surface area contributed by atoms with Crippen LogP contribution < -0.4 is 0 Å². The van der Waals surface area contributed by atoms with E-state index < -0.39 is 0 Å². The first-order valence-corrected chi connectivity index (χ1v) is 5.89. The predicted molar refractivity (Wildman–Crippen MR) is 55.9 cm³/mol. The molecule has 0 aliphatic heterocycles. The van der Waals surface area contributed by atoms with Crippen molar-refractivity contribution in [1.29, 1.82) is 0 Å². The molecule has 0 amide bonds. The van der Waals surface area contributed by atoms with Gasteiger partial charge in [0.05, 0.1) is 12.5 Å². The molecule has 0 heterocycles. The zero-order chi connectivity index (χ0) is 9.90. The summed E-state index contributed by atoms with van der Waals surface area (Å²) in [6, 6.07) is 0. The minimum absolute atomic E-state index is 0.0412. The minimum Gasteiger partial charge on any atom is -0.469 e. The smallest absolute Gasteiger partial charge is 0.311 e. The fourth-order valence-corrected chi connectivity index (χ4v) is 2.57. The Bertz CT molecular complexity index is 183. The van der Waals surface area contributed by atoms with Crippen LogP contribution in [0.15, 0.2) is 0 Å². The maximum atomic E-state index is 11.4. The van der Waals surface area contributed by atoms with Crippen molar-refractivity contribution in [2.24, 2.45) is 11.3 Å². The van der Waals surface area contributed by atoms with E-state index in [2.05, 4.69) is 15.9 Å². The molecule has 1 fully saturated rings. The molecule has 0 unspecified atom stereocenters. The first-order chi connectivity index (χ1) is 6.12. The second kappa shape index (κ2) is 4.45. The van der Waals surface area contributed by atoms with E-state index in [0.29, 0.717) is 0 Å². The van der Waals surface area contributed by atoms with Gasteiger partial charge in [-0.3, -0.25) is 4.79 Å². The number of ether oxygens (including phenoxy) is 1. The molecule has 1 rings (SSSR count). The Morgan fingerprint density at radius 1 is 1.54 bits per heavy atom. The van der Waals surface area contributed by atoms with Crippen molar-refractivity contribution < 1.29 is 9.53 Å². The first-order valence-electron chi connectivity index (χ1n) is 4.77. The zero-order valence-corrected chi connectivity index (χ0v) is 9.89.